The van der Waals surface area contributed by atoms with Crippen molar-refractivity contribution in [3.8, 4) is 0 Å². The van der Waals surface area contributed by atoms with Crippen molar-refractivity contribution in [3.63, 3.8) is 0 Å². The number of rotatable bonds is 4. The lowest BCUT2D eigenvalue weighted by Crippen LogP contribution is -2.38. The van der Waals surface area contributed by atoms with Gasteiger partial charge in [-0.15, -0.1) is 0 Å². The second-order valence-corrected chi connectivity index (χ2v) is 4.24. The van der Waals surface area contributed by atoms with Crippen LogP contribution in [0.1, 0.15) is 33.6 Å². The van der Waals surface area contributed by atoms with Crippen LogP contribution in [-0.2, 0) is 4.79 Å². The molecule has 1 aromatic rings. The molecule has 0 radical (unpaired) electrons. The van der Waals surface area contributed by atoms with Gasteiger partial charge >= 0.3 is 5.97 Å². The molecule has 2 heterocycles. The Kier molecular flexibility index (Phi) is 3.74. The zero-order valence-electron chi connectivity index (χ0n) is 10.0. The molecule has 1 aromatic heterocycles. The van der Waals surface area contributed by atoms with Crippen molar-refractivity contribution < 1.29 is 19.5 Å². The van der Waals surface area contributed by atoms with Gasteiger partial charge in [-0.1, -0.05) is 0 Å². The largest absolute Gasteiger partial charge is 0.478 e. The molecule has 100 valence electrons. The van der Waals surface area contributed by atoms with Crippen LogP contribution in [0.25, 0.3) is 0 Å². The van der Waals surface area contributed by atoms with E-state index in [2.05, 4.69) is 15.6 Å². The van der Waals surface area contributed by atoms with E-state index in [1.54, 1.807) is 0 Å². The number of carbonyl (C=O) groups is 3. The smallest absolute Gasteiger partial charge is 0.338 e. The van der Waals surface area contributed by atoms with Crippen molar-refractivity contribution in [1.82, 2.24) is 15.6 Å². The highest BCUT2D eigenvalue weighted by Crippen LogP contribution is 2.08. The van der Waals surface area contributed by atoms with Crippen molar-refractivity contribution in [2.24, 2.45) is 0 Å². The molecule has 1 saturated heterocycles. The molecule has 7 heteroatoms. The van der Waals surface area contributed by atoms with Crippen LogP contribution in [0.3, 0.4) is 0 Å². The predicted octanol–water partition coefficient (Wildman–Crippen LogP) is -0.212. The van der Waals surface area contributed by atoms with Crippen LogP contribution in [0.4, 0.5) is 0 Å². The molecular weight excluding hydrogens is 250 g/mol. The first-order valence-corrected chi connectivity index (χ1v) is 5.83. The van der Waals surface area contributed by atoms with E-state index in [9.17, 15) is 14.4 Å². The topological polar surface area (TPSA) is 108 Å². The molecule has 0 spiro atoms. The number of hydrogen-bond donors (Lipinski definition) is 3. The number of carboxylic acids is 1. The highest BCUT2D eigenvalue weighted by molar-refractivity contribution is 6.04. The molecule has 2 rings (SSSR count). The predicted molar refractivity (Wildman–Crippen MR) is 64.7 cm³/mol. The van der Waals surface area contributed by atoms with E-state index >= 15 is 0 Å². The average molecular weight is 263 g/mol. The fourth-order valence-corrected chi connectivity index (χ4v) is 1.90. The highest BCUT2D eigenvalue weighted by atomic mass is 16.4. The summed E-state index contributed by atoms with van der Waals surface area (Å²) in [5, 5.41) is 14.3. The minimum atomic E-state index is -1.20. The zero-order valence-corrected chi connectivity index (χ0v) is 10.0. The van der Waals surface area contributed by atoms with Gasteiger partial charge in [0.05, 0.1) is 11.1 Å². The van der Waals surface area contributed by atoms with Gasteiger partial charge in [-0.25, -0.2) is 4.79 Å². The first kappa shape index (κ1) is 13.0. The van der Waals surface area contributed by atoms with Gasteiger partial charge in [0.25, 0.3) is 5.91 Å². The molecular formula is C12H13N3O4. The standard InChI is InChI=1S/C12H13N3O4/c16-10-2-1-7(15-10)5-14-11(17)8-3-4-13-6-9(8)12(18)19/h3-4,6-7H,1-2,5H2,(H,14,17)(H,15,16)(H,18,19). The van der Waals surface area contributed by atoms with Gasteiger partial charge in [0.15, 0.2) is 0 Å². The Labute approximate surface area is 109 Å². The summed E-state index contributed by atoms with van der Waals surface area (Å²) >= 11 is 0. The van der Waals surface area contributed by atoms with E-state index in [1.165, 1.54) is 12.3 Å². The van der Waals surface area contributed by atoms with Gasteiger partial charge in [-0.3, -0.25) is 14.6 Å². The lowest BCUT2D eigenvalue weighted by molar-refractivity contribution is -0.119. The molecule has 0 saturated carbocycles. The number of aromatic carboxylic acids is 1. The number of aromatic nitrogens is 1. The molecule has 1 atom stereocenters. The van der Waals surface area contributed by atoms with Crippen LogP contribution in [0.2, 0.25) is 0 Å². The number of pyridine rings is 1. The summed E-state index contributed by atoms with van der Waals surface area (Å²) in [6.45, 7) is 0.284. The Morgan fingerprint density at radius 2 is 2.26 bits per heavy atom. The van der Waals surface area contributed by atoms with Crippen molar-refractivity contribution in [1.29, 1.82) is 0 Å². The highest BCUT2D eigenvalue weighted by Gasteiger charge is 2.22. The van der Waals surface area contributed by atoms with Crippen molar-refractivity contribution in [2.45, 2.75) is 18.9 Å². The maximum absolute atomic E-state index is 11.9. The molecule has 0 aromatic carbocycles. The van der Waals surface area contributed by atoms with Crippen molar-refractivity contribution in [3.05, 3.63) is 29.6 Å². The SMILES string of the molecule is O=C1CCC(CNC(=O)c2ccncc2C(=O)O)N1. The van der Waals surface area contributed by atoms with E-state index in [1.807, 2.05) is 0 Å². The van der Waals surface area contributed by atoms with E-state index in [0.717, 1.165) is 6.20 Å². The summed E-state index contributed by atoms with van der Waals surface area (Å²) in [5.74, 6) is -1.72. The Morgan fingerprint density at radius 1 is 1.47 bits per heavy atom. The van der Waals surface area contributed by atoms with E-state index in [0.29, 0.717) is 12.8 Å². The molecule has 2 amide bonds. The van der Waals surface area contributed by atoms with Crippen LogP contribution < -0.4 is 10.6 Å². The van der Waals surface area contributed by atoms with E-state index < -0.39 is 11.9 Å². The summed E-state index contributed by atoms with van der Waals surface area (Å²) in [6.07, 6.45) is 3.62. The first-order valence-electron chi connectivity index (χ1n) is 5.83. The molecule has 0 bridgehead atoms. The maximum Gasteiger partial charge on any atom is 0.338 e. The third kappa shape index (κ3) is 3.06. The van der Waals surface area contributed by atoms with Crippen molar-refractivity contribution in [2.75, 3.05) is 6.54 Å². The molecule has 19 heavy (non-hydrogen) atoms. The Hall–Kier alpha value is -2.44. The van der Waals surface area contributed by atoms with Gasteiger partial charge in [0.2, 0.25) is 5.91 Å². The number of amides is 2. The van der Waals surface area contributed by atoms with Crippen LogP contribution in [-0.4, -0.2) is 40.5 Å². The van der Waals surface area contributed by atoms with Gasteiger partial charge in [0, 0.05) is 31.4 Å². The monoisotopic (exact) mass is 263 g/mol. The summed E-state index contributed by atoms with van der Waals surface area (Å²) in [4.78, 5) is 37.5. The van der Waals surface area contributed by atoms with Crippen LogP contribution in [0.15, 0.2) is 18.5 Å². The normalized spacial score (nSPS) is 17.9. The van der Waals surface area contributed by atoms with Gasteiger partial charge in [-0.05, 0) is 12.5 Å². The molecule has 1 fully saturated rings. The van der Waals surface area contributed by atoms with Gasteiger partial charge in [-0.2, -0.15) is 0 Å². The fraction of sp³-hybridized carbons (Fsp3) is 0.333. The lowest BCUT2D eigenvalue weighted by atomic mass is 10.1. The van der Waals surface area contributed by atoms with E-state index in [4.69, 9.17) is 5.11 Å². The second kappa shape index (κ2) is 5.47. The summed E-state index contributed by atoms with van der Waals surface area (Å²) in [5.41, 5.74) is -0.0812. The molecule has 1 aliphatic rings. The number of carboxylic acid groups (broad SMARTS) is 1. The fourth-order valence-electron chi connectivity index (χ4n) is 1.90. The number of nitrogens with zero attached hydrogens (tertiary/aromatic N) is 1. The Bertz CT molecular complexity index is 529. The van der Waals surface area contributed by atoms with Gasteiger partial charge < -0.3 is 15.7 Å². The van der Waals surface area contributed by atoms with E-state index in [-0.39, 0.29) is 29.6 Å². The third-order valence-corrected chi connectivity index (χ3v) is 2.89. The molecule has 7 nitrogen and oxygen atoms in total. The van der Waals surface area contributed by atoms with Crippen LogP contribution in [0, 0.1) is 0 Å². The lowest BCUT2D eigenvalue weighted by Gasteiger charge is -2.12. The number of carbonyl (C=O) groups excluding carboxylic acids is 2. The Morgan fingerprint density at radius 3 is 2.89 bits per heavy atom. The zero-order chi connectivity index (χ0) is 13.8. The van der Waals surface area contributed by atoms with Gasteiger partial charge in [0.1, 0.15) is 0 Å². The minimum Gasteiger partial charge on any atom is -0.478 e. The third-order valence-electron chi connectivity index (χ3n) is 2.89. The summed E-state index contributed by atoms with van der Waals surface area (Å²) < 4.78 is 0. The molecule has 1 aliphatic heterocycles. The second-order valence-electron chi connectivity index (χ2n) is 4.24. The average Bonchev–Trinajstić information content (AvgIpc) is 2.81. The van der Waals surface area contributed by atoms with Crippen molar-refractivity contribution >= 4 is 17.8 Å². The summed E-state index contributed by atoms with van der Waals surface area (Å²) in [7, 11) is 0. The van der Waals surface area contributed by atoms with Crippen LogP contribution in [0.5, 0.6) is 0 Å². The summed E-state index contributed by atoms with van der Waals surface area (Å²) in [6, 6.07) is 1.26. The number of nitrogens with one attached hydrogen (secondary N) is 2. The quantitative estimate of drug-likeness (QED) is 0.696. The molecule has 1 unspecified atom stereocenters. The minimum absolute atomic E-state index is 0.0330. The number of hydrogen-bond acceptors (Lipinski definition) is 4. The molecule has 0 aliphatic carbocycles. The first-order chi connectivity index (χ1) is 9.08. The van der Waals surface area contributed by atoms with Crippen LogP contribution >= 0.6 is 0 Å². The molecule has 3 N–H and O–H groups in total. The Balaban J connectivity index is 2.00. The maximum atomic E-state index is 11.9.